The van der Waals surface area contributed by atoms with E-state index in [2.05, 4.69) is 10.1 Å². The first-order chi connectivity index (χ1) is 15.3. The molecule has 9 heteroatoms. The number of aromatic nitrogens is 2. The van der Waals surface area contributed by atoms with Crippen molar-refractivity contribution in [1.29, 1.82) is 0 Å². The van der Waals surface area contributed by atoms with Gasteiger partial charge in [0.1, 0.15) is 23.4 Å². The maximum atomic E-state index is 12.9. The zero-order valence-electron chi connectivity index (χ0n) is 17.4. The lowest BCUT2D eigenvalue weighted by Gasteiger charge is -2.19. The molecule has 1 aliphatic heterocycles. The van der Waals surface area contributed by atoms with Crippen LogP contribution in [0.15, 0.2) is 59.3 Å². The lowest BCUT2D eigenvalue weighted by Crippen LogP contribution is -2.25. The normalized spacial score (nSPS) is 17.4. The van der Waals surface area contributed by atoms with E-state index in [4.69, 9.17) is 9.26 Å². The van der Waals surface area contributed by atoms with E-state index in [9.17, 15) is 18.0 Å². The highest BCUT2D eigenvalue weighted by molar-refractivity contribution is 5.93. The molecule has 0 radical (unpaired) electrons. The minimum absolute atomic E-state index is 0.00407. The molecule has 0 aliphatic carbocycles. The van der Waals surface area contributed by atoms with Crippen LogP contribution in [-0.2, 0) is 6.18 Å². The summed E-state index contributed by atoms with van der Waals surface area (Å²) in [5, 5.41) is 3.55. The topological polar surface area (TPSA) is 68.5 Å². The van der Waals surface area contributed by atoms with Crippen molar-refractivity contribution in [2.45, 2.75) is 38.0 Å². The highest BCUT2D eigenvalue weighted by atomic mass is 19.4. The maximum absolute atomic E-state index is 12.9. The van der Waals surface area contributed by atoms with Crippen LogP contribution in [0.3, 0.4) is 0 Å². The Balaban J connectivity index is 1.33. The van der Waals surface area contributed by atoms with Gasteiger partial charge < -0.3 is 14.2 Å². The largest absolute Gasteiger partial charge is 0.489 e. The number of pyridine rings is 1. The lowest BCUT2D eigenvalue weighted by atomic mass is 9.95. The smallest absolute Gasteiger partial charge is 0.433 e. The summed E-state index contributed by atoms with van der Waals surface area (Å²) in [5.74, 6) is 1.11. The van der Waals surface area contributed by atoms with Gasteiger partial charge in [-0.25, -0.2) is 4.98 Å². The van der Waals surface area contributed by atoms with Crippen LogP contribution < -0.4 is 9.64 Å². The van der Waals surface area contributed by atoms with Gasteiger partial charge in [-0.15, -0.1) is 0 Å². The van der Waals surface area contributed by atoms with E-state index in [1.165, 1.54) is 12.3 Å². The molecule has 0 amide bonds. The van der Waals surface area contributed by atoms with Crippen LogP contribution in [-0.4, -0.2) is 35.1 Å². The Bertz CT molecular complexity index is 1050. The number of Topliss-reactive ketones (excluding diaryl/α,β-unsaturated/α-hetero) is 1. The van der Waals surface area contributed by atoms with Gasteiger partial charge in [0.05, 0.1) is 12.7 Å². The number of benzene rings is 1. The van der Waals surface area contributed by atoms with Crippen molar-refractivity contribution in [3.63, 3.8) is 0 Å². The van der Waals surface area contributed by atoms with Crippen LogP contribution in [0.1, 0.15) is 47.5 Å². The molecule has 168 valence electrons. The fourth-order valence-electron chi connectivity index (χ4n) is 3.71. The first-order valence-corrected chi connectivity index (χ1v) is 10.3. The lowest BCUT2D eigenvalue weighted by molar-refractivity contribution is -0.141. The molecule has 1 saturated heterocycles. The Hall–Kier alpha value is -3.36. The predicted molar refractivity (Wildman–Crippen MR) is 111 cm³/mol. The van der Waals surface area contributed by atoms with Gasteiger partial charge >= 0.3 is 6.18 Å². The first kappa shape index (κ1) is 21.9. The van der Waals surface area contributed by atoms with E-state index < -0.39 is 11.9 Å². The number of ether oxygens (including phenoxy) is 1. The number of halogens is 3. The Kier molecular flexibility index (Phi) is 6.16. The van der Waals surface area contributed by atoms with Crippen LogP contribution in [0, 0.1) is 0 Å². The average molecular weight is 445 g/mol. The van der Waals surface area contributed by atoms with Gasteiger partial charge in [0, 0.05) is 25.5 Å². The molecule has 1 unspecified atom stereocenters. The maximum Gasteiger partial charge on any atom is 0.433 e. The third-order valence-electron chi connectivity index (χ3n) is 5.45. The van der Waals surface area contributed by atoms with Crippen LogP contribution in [0.2, 0.25) is 0 Å². The summed E-state index contributed by atoms with van der Waals surface area (Å²) in [6.45, 7) is 2.98. The molecule has 0 bridgehead atoms. The van der Waals surface area contributed by atoms with E-state index in [1.807, 2.05) is 31.2 Å². The second-order valence-electron chi connectivity index (χ2n) is 7.83. The van der Waals surface area contributed by atoms with E-state index in [1.54, 1.807) is 17.0 Å². The predicted octanol–water partition coefficient (Wildman–Crippen LogP) is 5.12. The van der Waals surface area contributed by atoms with E-state index in [0.717, 1.165) is 11.6 Å². The van der Waals surface area contributed by atoms with Crippen molar-refractivity contribution in [2.75, 3.05) is 18.0 Å². The molecule has 6 nitrogen and oxygen atoms in total. The van der Waals surface area contributed by atoms with Crippen molar-refractivity contribution in [3.8, 4) is 5.75 Å². The van der Waals surface area contributed by atoms with E-state index >= 15 is 0 Å². The van der Waals surface area contributed by atoms with Gasteiger partial charge in [0.15, 0.2) is 0 Å². The minimum Gasteiger partial charge on any atom is -0.489 e. The van der Waals surface area contributed by atoms with Gasteiger partial charge in [0.2, 0.25) is 11.5 Å². The second kappa shape index (κ2) is 9.02. The zero-order valence-corrected chi connectivity index (χ0v) is 17.4. The molecule has 4 rings (SSSR count). The van der Waals surface area contributed by atoms with Crippen LogP contribution in [0.5, 0.6) is 5.75 Å². The Labute approximate surface area is 183 Å². The number of carbonyl (C=O) groups excluding carboxylic acids is 1. The summed E-state index contributed by atoms with van der Waals surface area (Å²) in [7, 11) is 0. The third kappa shape index (κ3) is 5.09. The molecule has 2 aromatic heterocycles. The number of alkyl halides is 3. The van der Waals surface area contributed by atoms with Crippen LogP contribution in [0.25, 0.3) is 0 Å². The molecule has 1 aromatic carbocycles. The van der Waals surface area contributed by atoms with Gasteiger partial charge in [0.25, 0.3) is 0 Å². The fourth-order valence-corrected chi connectivity index (χ4v) is 3.71. The van der Waals surface area contributed by atoms with Gasteiger partial charge in [-0.05, 0) is 35.7 Å². The molecular weight excluding hydrogens is 423 g/mol. The number of anilines is 1. The first-order valence-electron chi connectivity index (χ1n) is 10.3. The summed E-state index contributed by atoms with van der Waals surface area (Å²) in [4.78, 5) is 17.7. The number of nitrogens with zero attached hydrogens (tertiary/aromatic N) is 3. The van der Waals surface area contributed by atoms with Gasteiger partial charge in [-0.1, -0.05) is 30.3 Å². The summed E-state index contributed by atoms with van der Waals surface area (Å²) < 4.78 is 49.7. The molecular formula is C23H22F3N3O3. The number of ketones is 1. The molecule has 0 spiro atoms. The van der Waals surface area contributed by atoms with Gasteiger partial charge in [-0.3, -0.25) is 4.79 Å². The Morgan fingerprint density at radius 3 is 2.69 bits per heavy atom. The number of carbonyl (C=O) groups is 1. The van der Waals surface area contributed by atoms with Crippen molar-refractivity contribution in [1.82, 2.24) is 10.1 Å². The number of rotatable bonds is 7. The fraction of sp³-hybridized carbons (Fsp3) is 0.348. The zero-order chi connectivity index (χ0) is 22.7. The standard InChI is InChI=1S/C23H22F3N3O3/c1-15(13-19(30)20-9-11-27-32-20)16-5-7-17(8-6-16)31-18-10-12-29(14-18)22-4-2-3-21(28-22)23(24,25)26/h2-9,11,15,18H,10,12-14H2,1H3/t15-,18?/m1/s1. The number of hydrogen-bond donors (Lipinski definition) is 0. The molecule has 2 atom stereocenters. The van der Waals surface area contributed by atoms with Crippen molar-refractivity contribution in [3.05, 3.63) is 71.7 Å². The molecule has 0 saturated carbocycles. The quantitative estimate of drug-likeness (QED) is 0.470. The Morgan fingerprint density at radius 2 is 2.00 bits per heavy atom. The van der Waals surface area contributed by atoms with Crippen LogP contribution in [0.4, 0.5) is 19.0 Å². The van der Waals surface area contributed by atoms with Crippen LogP contribution >= 0.6 is 0 Å². The average Bonchev–Trinajstić information content (AvgIpc) is 3.46. The highest BCUT2D eigenvalue weighted by Crippen LogP contribution is 2.30. The third-order valence-corrected chi connectivity index (χ3v) is 5.45. The number of hydrogen-bond acceptors (Lipinski definition) is 6. The van der Waals surface area contributed by atoms with Crippen molar-refractivity contribution < 1.29 is 27.2 Å². The molecule has 1 aliphatic rings. The SMILES string of the molecule is C[C@H](CC(=O)c1ccno1)c1ccc(OC2CCN(c3cccc(C(F)(F)F)n3)C2)cc1. The Morgan fingerprint density at radius 1 is 1.22 bits per heavy atom. The molecule has 3 aromatic rings. The minimum atomic E-state index is -4.47. The van der Waals surface area contributed by atoms with E-state index in [0.29, 0.717) is 37.5 Å². The molecule has 3 heterocycles. The van der Waals surface area contributed by atoms with Crippen molar-refractivity contribution in [2.24, 2.45) is 0 Å². The van der Waals surface area contributed by atoms with E-state index in [-0.39, 0.29) is 23.6 Å². The second-order valence-corrected chi connectivity index (χ2v) is 7.83. The van der Waals surface area contributed by atoms with Gasteiger partial charge in [-0.2, -0.15) is 13.2 Å². The summed E-state index contributed by atoms with van der Waals surface area (Å²) in [6, 6.07) is 13.0. The molecule has 1 fully saturated rings. The summed E-state index contributed by atoms with van der Waals surface area (Å²) in [5.41, 5.74) is 0.0947. The highest BCUT2D eigenvalue weighted by Gasteiger charge is 2.33. The summed E-state index contributed by atoms with van der Waals surface area (Å²) in [6.07, 6.45) is -2.19. The summed E-state index contributed by atoms with van der Waals surface area (Å²) >= 11 is 0. The monoisotopic (exact) mass is 445 g/mol. The van der Waals surface area contributed by atoms with Crippen molar-refractivity contribution >= 4 is 11.6 Å². The molecule has 0 N–H and O–H groups in total. The molecule has 32 heavy (non-hydrogen) atoms.